The minimum Gasteiger partial charge on any atom is -0.380 e. The predicted octanol–water partition coefficient (Wildman–Crippen LogP) is -0.0667. The van der Waals surface area contributed by atoms with E-state index in [0.29, 0.717) is 33.0 Å². The lowest BCUT2D eigenvalue weighted by Gasteiger charge is -2.15. The fourth-order valence-corrected chi connectivity index (χ4v) is 0.966. The van der Waals surface area contributed by atoms with E-state index in [1.54, 1.807) is 0 Å². The van der Waals surface area contributed by atoms with E-state index in [1.165, 1.54) is 0 Å². The Kier molecular flexibility index (Phi) is 9.86. The molecular formula is C11H25N2O3-. The standard InChI is InChI=1S/C11H25N2O3/c1-9(12)6-14-4-5-15-8-11(3)16-7-10(2)13/h9-11H,1,4-8,12-13H2,2-3H3/q-1. The van der Waals surface area contributed by atoms with Crippen LogP contribution in [0.1, 0.15) is 13.8 Å². The maximum atomic E-state index is 5.56. The highest BCUT2D eigenvalue weighted by Crippen LogP contribution is 1.93. The van der Waals surface area contributed by atoms with Gasteiger partial charge in [0.25, 0.3) is 0 Å². The molecule has 5 heteroatoms. The molecule has 0 amide bonds. The normalized spacial score (nSPS) is 17.1. The molecule has 0 aliphatic rings. The molecule has 0 bridgehead atoms. The highest BCUT2D eigenvalue weighted by molar-refractivity contribution is 4.60. The van der Waals surface area contributed by atoms with Crippen molar-refractivity contribution in [1.29, 1.82) is 0 Å². The fraction of sp³-hybridized carbons (Fsp3) is 0.909. The van der Waals surface area contributed by atoms with Gasteiger partial charge in [-0.25, -0.2) is 0 Å². The van der Waals surface area contributed by atoms with Gasteiger partial charge in [-0.05, 0) is 13.8 Å². The highest BCUT2D eigenvalue weighted by Gasteiger charge is 2.03. The zero-order valence-corrected chi connectivity index (χ0v) is 10.4. The van der Waals surface area contributed by atoms with E-state index in [-0.39, 0.29) is 18.2 Å². The summed E-state index contributed by atoms with van der Waals surface area (Å²) in [5.74, 6) is 0. The van der Waals surface area contributed by atoms with E-state index < -0.39 is 0 Å². The minimum atomic E-state index is -0.173. The molecule has 4 N–H and O–H groups in total. The summed E-state index contributed by atoms with van der Waals surface area (Å²) in [6.07, 6.45) is 0.0566. The second-order valence-corrected chi connectivity index (χ2v) is 4.03. The SMILES string of the molecule is [CH2-]C(N)COCCOCC(C)OCC(C)N. The Morgan fingerprint density at radius 2 is 1.56 bits per heavy atom. The molecular weight excluding hydrogens is 208 g/mol. The van der Waals surface area contributed by atoms with Crippen LogP contribution in [0.25, 0.3) is 0 Å². The third-order valence-corrected chi connectivity index (χ3v) is 1.70. The minimum absolute atomic E-state index is 0.0566. The Balaban J connectivity index is 3.18. The molecule has 0 aliphatic heterocycles. The first-order valence-electron chi connectivity index (χ1n) is 5.63. The van der Waals surface area contributed by atoms with Crippen molar-refractivity contribution in [2.75, 3.05) is 33.0 Å². The summed E-state index contributed by atoms with van der Waals surface area (Å²) < 4.78 is 16.0. The summed E-state index contributed by atoms with van der Waals surface area (Å²) in [5.41, 5.74) is 11.0. The van der Waals surface area contributed by atoms with Gasteiger partial charge in [-0.3, -0.25) is 0 Å². The molecule has 0 aromatic heterocycles. The largest absolute Gasteiger partial charge is 0.380 e. The first-order valence-corrected chi connectivity index (χ1v) is 5.63. The Labute approximate surface area is 98.4 Å². The van der Waals surface area contributed by atoms with E-state index in [9.17, 15) is 0 Å². The molecule has 0 aromatic carbocycles. The van der Waals surface area contributed by atoms with Gasteiger partial charge >= 0.3 is 0 Å². The first-order chi connectivity index (χ1) is 7.52. The molecule has 0 fully saturated rings. The average molecular weight is 233 g/mol. The molecule has 3 atom stereocenters. The molecule has 0 saturated carbocycles. The molecule has 0 saturated heterocycles. The molecule has 0 aromatic rings. The van der Waals surface area contributed by atoms with E-state index in [4.69, 9.17) is 25.7 Å². The lowest BCUT2D eigenvalue weighted by molar-refractivity contribution is -0.0260. The van der Waals surface area contributed by atoms with E-state index in [0.717, 1.165) is 0 Å². The van der Waals surface area contributed by atoms with Gasteiger partial charge in [0.2, 0.25) is 0 Å². The Morgan fingerprint density at radius 3 is 2.06 bits per heavy atom. The van der Waals surface area contributed by atoms with Crippen molar-refractivity contribution in [2.24, 2.45) is 11.5 Å². The lowest BCUT2D eigenvalue weighted by atomic mass is 10.4. The summed E-state index contributed by atoms with van der Waals surface area (Å²) in [7, 11) is 0. The summed E-state index contributed by atoms with van der Waals surface area (Å²) in [6, 6.07) is -0.113. The predicted molar refractivity (Wildman–Crippen MR) is 64.0 cm³/mol. The van der Waals surface area contributed by atoms with Crippen LogP contribution >= 0.6 is 0 Å². The van der Waals surface area contributed by atoms with Crippen LogP contribution in [0, 0.1) is 6.92 Å². The van der Waals surface area contributed by atoms with Gasteiger partial charge in [-0.15, -0.1) is 0 Å². The van der Waals surface area contributed by atoms with Crippen molar-refractivity contribution < 1.29 is 14.2 Å². The summed E-state index contributed by atoms with van der Waals surface area (Å²) in [5, 5.41) is 0. The van der Waals surface area contributed by atoms with Crippen LogP contribution in [-0.4, -0.2) is 51.2 Å². The Morgan fingerprint density at radius 1 is 1.00 bits per heavy atom. The molecule has 3 unspecified atom stereocenters. The molecule has 0 radical (unpaired) electrons. The topological polar surface area (TPSA) is 79.7 Å². The van der Waals surface area contributed by atoms with Gasteiger partial charge in [0, 0.05) is 12.6 Å². The van der Waals surface area contributed by atoms with E-state index >= 15 is 0 Å². The number of hydrogen-bond acceptors (Lipinski definition) is 5. The van der Waals surface area contributed by atoms with Crippen LogP contribution in [0.5, 0.6) is 0 Å². The zero-order valence-electron chi connectivity index (χ0n) is 10.4. The second kappa shape index (κ2) is 9.99. The second-order valence-electron chi connectivity index (χ2n) is 4.03. The molecule has 5 nitrogen and oxygen atoms in total. The van der Waals surface area contributed by atoms with Crippen molar-refractivity contribution in [2.45, 2.75) is 32.0 Å². The summed E-state index contributed by atoms with van der Waals surface area (Å²) >= 11 is 0. The summed E-state index contributed by atoms with van der Waals surface area (Å²) in [4.78, 5) is 0. The van der Waals surface area contributed by atoms with E-state index in [2.05, 4.69) is 6.92 Å². The first kappa shape index (κ1) is 15.8. The zero-order chi connectivity index (χ0) is 12.4. The Hall–Kier alpha value is -0.200. The van der Waals surface area contributed by atoms with Crippen LogP contribution < -0.4 is 11.5 Å². The van der Waals surface area contributed by atoms with Crippen LogP contribution in [0.3, 0.4) is 0 Å². The maximum absolute atomic E-state index is 5.56. The van der Waals surface area contributed by atoms with Gasteiger partial charge in [-0.2, -0.15) is 0 Å². The maximum Gasteiger partial charge on any atom is 0.0781 e. The number of rotatable bonds is 10. The van der Waals surface area contributed by atoms with Crippen LogP contribution in [0.2, 0.25) is 0 Å². The third kappa shape index (κ3) is 11.9. The summed E-state index contributed by atoms with van der Waals surface area (Å²) in [6.45, 7) is 10.1. The van der Waals surface area contributed by atoms with Crippen LogP contribution in [0.15, 0.2) is 0 Å². The monoisotopic (exact) mass is 233 g/mol. The molecule has 0 rings (SSSR count). The number of nitrogens with two attached hydrogens (primary N) is 2. The molecule has 0 heterocycles. The lowest BCUT2D eigenvalue weighted by Crippen LogP contribution is -2.27. The van der Waals surface area contributed by atoms with Crippen LogP contribution in [0.4, 0.5) is 0 Å². The number of hydrogen-bond donors (Lipinski definition) is 2. The number of ether oxygens (including phenoxy) is 3. The fourth-order valence-electron chi connectivity index (χ4n) is 0.966. The van der Waals surface area contributed by atoms with E-state index in [1.807, 2.05) is 13.8 Å². The molecule has 98 valence electrons. The third-order valence-electron chi connectivity index (χ3n) is 1.70. The molecule has 16 heavy (non-hydrogen) atoms. The smallest absolute Gasteiger partial charge is 0.0781 e. The van der Waals surface area contributed by atoms with Gasteiger partial charge in [-0.1, -0.05) is 6.04 Å². The highest BCUT2D eigenvalue weighted by atomic mass is 16.5. The van der Waals surface area contributed by atoms with Crippen LogP contribution in [-0.2, 0) is 14.2 Å². The van der Waals surface area contributed by atoms with Gasteiger partial charge in [0.05, 0.1) is 32.5 Å². The van der Waals surface area contributed by atoms with Crippen molar-refractivity contribution in [3.05, 3.63) is 6.92 Å². The average Bonchev–Trinajstić information content (AvgIpc) is 2.19. The van der Waals surface area contributed by atoms with Gasteiger partial charge in [0.1, 0.15) is 0 Å². The van der Waals surface area contributed by atoms with Crippen molar-refractivity contribution >= 4 is 0 Å². The van der Waals surface area contributed by atoms with Gasteiger partial charge < -0.3 is 32.6 Å². The quantitative estimate of drug-likeness (QED) is 0.408. The van der Waals surface area contributed by atoms with Crippen molar-refractivity contribution in [3.8, 4) is 0 Å². The van der Waals surface area contributed by atoms with Gasteiger partial charge in [0.15, 0.2) is 0 Å². The molecule has 0 spiro atoms. The Bertz CT molecular complexity index is 154. The van der Waals surface area contributed by atoms with Crippen molar-refractivity contribution in [1.82, 2.24) is 0 Å². The van der Waals surface area contributed by atoms with Crippen molar-refractivity contribution in [3.63, 3.8) is 0 Å². The molecule has 0 aliphatic carbocycles.